The number of benzene rings is 1. The lowest BCUT2D eigenvalue weighted by atomic mass is 10.3. The van der Waals surface area contributed by atoms with Gasteiger partial charge in [0.05, 0.1) is 17.6 Å². The summed E-state index contributed by atoms with van der Waals surface area (Å²) in [4.78, 5) is 16.9. The molecule has 3 N–H and O–H groups in total. The average Bonchev–Trinajstić information content (AvgIpc) is 3.18. The van der Waals surface area contributed by atoms with Gasteiger partial charge in [0.2, 0.25) is 0 Å². The molecule has 0 aliphatic heterocycles. The molecule has 0 saturated carbocycles. The normalized spacial score (nSPS) is 11.0. The lowest BCUT2D eigenvalue weighted by molar-refractivity contribution is 0.102. The smallest absolute Gasteiger partial charge is 0.262 e. The number of halogens is 1. The van der Waals surface area contributed by atoms with E-state index in [1.165, 1.54) is 10.7 Å². The Morgan fingerprint density at radius 3 is 2.77 bits per heavy atom. The molecular weight excluding hydrogens is 354 g/mol. The molecule has 0 aliphatic carbocycles. The van der Waals surface area contributed by atoms with E-state index in [1.807, 2.05) is 19.1 Å². The molecule has 0 aliphatic rings. The van der Waals surface area contributed by atoms with Crippen LogP contribution >= 0.6 is 11.6 Å². The van der Waals surface area contributed by atoms with Crippen LogP contribution in [0.3, 0.4) is 0 Å². The molecule has 3 heterocycles. The van der Waals surface area contributed by atoms with E-state index in [2.05, 4.69) is 20.5 Å². The van der Waals surface area contributed by atoms with Gasteiger partial charge in [0.25, 0.3) is 5.91 Å². The molecule has 0 saturated heterocycles. The highest BCUT2D eigenvalue weighted by Crippen LogP contribution is 2.20. The van der Waals surface area contributed by atoms with Gasteiger partial charge in [0.1, 0.15) is 17.2 Å². The SMILES string of the molecule is Cc1cc(NC(=O)c2cnn3ccc(N)nc23)n(-c2ccc(Cl)cc2)n1. The van der Waals surface area contributed by atoms with E-state index in [4.69, 9.17) is 17.3 Å². The standard InChI is InChI=1S/C17H14ClN7O/c1-10-8-15(25(23-10)12-4-2-11(18)3-5-12)22-17(26)13-9-20-24-7-6-14(19)21-16(13)24/h2-9H,1H3,(H2,19,21)(H,22,26). The highest BCUT2D eigenvalue weighted by atomic mass is 35.5. The van der Waals surface area contributed by atoms with Gasteiger partial charge in [-0.05, 0) is 37.3 Å². The summed E-state index contributed by atoms with van der Waals surface area (Å²) in [5.41, 5.74) is 7.96. The molecular formula is C17H14ClN7O. The van der Waals surface area contributed by atoms with Crippen LogP contribution in [0.4, 0.5) is 11.6 Å². The molecule has 0 spiro atoms. The molecule has 8 nitrogen and oxygen atoms in total. The quantitative estimate of drug-likeness (QED) is 0.579. The van der Waals surface area contributed by atoms with Crippen LogP contribution in [0.1, 0.15) is 16.1 Å². The highest BCUT2D eigenvalue weighted by Gasteiger charge is 2.17. The molecule has 4 rings (SSSR count). The Kier molecular flexibility index (Phi) is 3.81. The number of carbonyl (C=O) groups excluding carboxylic acids is 1. The van der Waals surface area contributed by atoms with E-state index in [1.54, 1.807) is 35.1 Å². The second-order valence-electron chi connectivity index (χ2n) is 5.69. The molecule has 0 bridgehead atoms. The second-order valence-corrected chi connectivity index (χ2v) is 6.13. The van der Waals surface area contributed by atoms with E-state index in [9.17, 15) is 4.79 Å². The molecule has 3 aromatic heterocycles. The van der Waals surface area contributed by atoms with Gasteiger partial charge in [-0.15, -0.1) is 0 Å². The molecule has 9 heteroatoms. The van der Waals surface area contributed by atoms with Gasteiger partial charge in [-0.3, -0.25) is 4.79 Å². The average molecular weight is 368 g/mol. The third-order valence-corrected chi connectivity index (χ3v) is 4.03. The fraction of sp³-hybridized carbons (Fsp3) is 0.0588. The number of nitrogens with two attached hydrogens (primary N) is 1. The van der Waals surface area contributed by atoms with Crippen LogP contribution in [0.15, 0.2) is 48.8 Å². The number of rotatable bonds is 3. The van der Waals surface area contributed by atoms with Crippen molar-refractivity contribution in [3.05, 3.63) is 65.1 Å². The van der Waals surface area contributed by atoms with E-state index in [-0.39, 0.29) is 5.91 Å². The Morgan fingerprint density at radius 2 is 2.00 bits per heavy atom. The first-order chi connectivity index (χ1) is 12.5. The van der Waals surface area contributed by atoms with Crippen molar-refractivity contribution in [3.8, 4) is 5.69 Å². The third kappa shape index (κ3) is 2.86. The van der Waals surface area contributed by atoms with Gasteiger partial charge in [-0.2, -0.15) is 10.2 Å². The number of aromatic nitrogens is 5. The summed E-state index contributed by atoms with van der Waals surface area (Å²) in [6.07, 6.45) is 3.10. The minimum atomic E-state index is -0.354. The first-order valence-corrected chi connectivity index (χ1v) is 8.13. The summed E-state index contributed by atoms with van der Waals surface area (Å²) in [6.45, 7) is 1.85. The van der Waals surface area contributed by atoms with E-state index >= 15 is 0 Å². The largest absolute Gasteiger partial charge is 0.384 e. The van der Waals surface area contributed by atoms with Crippen molar-refractivity contribution in [3.63, 3.8) is 0 Å². The number of carbonyl (C=O) groups is 1. The number of hydrogen-bond acceptors (Lipinski definition) is 5. The van der Waals surface area contributed by atoms with Crippen LogP contribution in [0.5, 0.6) is 0 Å². The van der Waals surface area contributed by atoms with Crippen molar-refractivity contribution < 1.29 is 4.79 Å². The van der Waals surface area contributed by atoms with Crippen LogP contribution in [0.2, 0.25) is 5.02 Å². The zero-order valence-electron chi connectivity index (χ0n) is 13.7. The Balaban J connectivity index is 1.70. The molecule has 1 aromatic carbocycles. The van der Waals surface area contributed by atoms with Crippen molar-refractivity contribution in [1.29, 1.82) is 0 Å². The predicted molar refractivity (Wildman–Crippen MR) is 98.7 cm³/mol. The van der Waals surface area contributed by atoms with Crippen LogP contribution in [0.25, 0.3) is 11.3 Å². The van der Waals surface area contributed by atoms with Crippen LogP contribution in [-0.4, -0.2) is 30.3 Å². The fourth-order valence-corrected chi connectivity index (χ4v) is 2.72. The topological polar surface area (TPSA) is 103 Å². The molecule has 4 aromatic rings. The number of nitrogen functional groups attached to an aromatic ring is 1. The number of nitrogens with zero attached hydrogens (tertiary/aromatic N) is 5. The van der Waals surface area contributed by atoms with Gasteiger partial charge >= 0.3 is 0 Å². The van der Waals surface area contributed by atoms with Crippen LogP contribution in [-0.2, 0) is 0 Å². The minimum absolute atomic E-state index is 0.314. The molecule has 0 fully saturated rings. The molecule has 26 heavy (non-hydrogen) atoms. The number of fused-ring (bicyclic) bond motifs is 1. The molecule has 1 amide bonds. The Labute approximate surface area is 153 Å². The molecule has 0 radical (unpaired) electrons. The maximum Gasteiger partial charge on any atom is 0.262 e. The summed E-state index contributed by atoms with van der Waals surface area (Å²) < 4.78 is 3.13. The predicted octanol–water partition coefficient (Wildman–Crippen LogP) is 2.71. The summed E-state index contributed by atoms with van der Waals surface area (Å²) in [5.74, 6) is 0.486. The zero-order valence-corrected chi connectivity index (χ0v) is 14.5. The van der Waals surface area contributed by atoms with E-state index in [0.717, 1.165) is 11.4 Å². The van der Waals surface area contributed by atoms with Gasteiger partial charge in [-0.25, -0.2) is 14.2 Å². The van der Waals surface area contributed by atoms with Crippen molar-refractivity contribution in [2.45, 2.75) is 6.92 Å². The van der Waals surface area contributed by atoms with Crippen molar-refractivity contribution in [2.24, 2.45) is 0 Å². The molecule has 0 atom stereocenters. The maximum atomic E-state index is 12.7. The maximum absolute atomic E-state index is 12.7. The van der Waals surface area contributed by atoms with E-state index < -0.39 is 0 Å². The van der Waals surface area contributed by atoms with Gasteiger partial charge in [0.15, 0.2) is 5.65 Å². The Bertz CT molecular complexity index is 1110. The van der Waals surface area contributed by atoms with Gasteiger partial charge in [-0.1, -0.05) is 11.6 Å². The summed E-state index contributed by atoms with van der Waals surface area (Å²) >= 11 is 5.94. The second kappa shape index (κ2) is 6.16. The summed E-state index contributed by atoms with van der Waals surface area (Å²) in [7, 11) is 0. The summed E-state index contributed by atoms with van der Waals surface area (Å²) in [6, 6.07) is 10.6. The van der Waals surface area contributed by atoms with Gasteiger partial charge < -0.3 is 11.1 Å². The fourth-order valence-electron chi connectivity index (χ4n) is 2.59. The lowest BCUT2D eigenvalue weighted by Crippen LogP contribution is -2.15. The number of aryl methyl sites for hydroxylation is 1. The Hall–Kier alpha value is -3.39. The molecule has 0 unspecified atom stereocenters. The number of nitrogens with one attached hydrogen (secondary N) is 1. The number of anilines is 2. The first kappa shape index (κ1) is 16.1. The highest BCUT2D eigenvalue weighted by molar-refractivity contribution is 6.30. The van der Waals surface area contributed by atoms with Crippen molar-refractivity contribution in [1.82, 2.24) is 24.4 Å². The first-order valence-electron chi connectivity index (χ1n) is 7.75. The van der Waals surface area contributed by atoms with Gasteiger partial charge in [0, 0.05) is 17.3 Å². The monoisotopic (exact) mass is 367 g/mol. The Morgan fingerprint density at radius 1 is 1.23 bits per heavy atom. The van der Waals surface area contributed by atoms with Crippen LogP contribution in [0, 0.1) is 6.92 Å². The zero-order chi connectivity index (χ0) is 18.3. The number of amides is 1. The van der Waals surface area contributed by atoms with Crippen molar-refractivity contribution >= 4 is 34.8 Å². The minimum Gasteiger partial charge on any atom is -0.384 e. The van der Waals surface area contributed by atoms with E-state index in [0.29, 0.717) is 27.9 Å². The third-order valence-electron chi connectivity index (χ3n) is 3.78. The lowest BCUT2D eigenvalue weighted by Gasteiger charge is -2.08. The summed E-state index contributed by atoms with van der Waals surface area (Å²) in [5, 5.41) is 12.0. The number of hydrogen-bond donors (Lipinski definition) is 2. The van der Waals surface area contributed by atoms with Crippen LogP contribution < -0.4 is 11.1 Å². The van der Waals surface area contributed by atoms with Crippen molar-refractivity contribution in [2.75, 3.05) is 11.1 Å². The molecule has 130 valence electrons.